The number of hydrogen-bond donors (Lipinski definition) is 2. The fraction of sp³-hybridized carbons (Fsp3) is 0.462. The highest BCUT2D eigenvalue weighted by Gasteiger charge is 2.21. The van der Waals surface area contributed by atoms with Crippen LogP contribution in [0.15, 0.2) is 29.2 Å². The standard InChI is InChI=1S/C13H17NO2S/c14-11(13(15)16)8-9-4-1-2-7-12(9)17-10-5-3-6-10/h1-2,4,7,10-11H,3,5-6,8,14H2,(H,15,16). The minimum Gasteiger partial charge on any atom is -0.480 e. The average molecular weight is 251 g/mol. The molecular formula is C13H17NO2S. The van der Waals surface area contributed by atoms with Crippen LogP contribution in [0.4, 0.5) is 0 Å². The van der Waals surface area contributed by atoms with E-state index in [0.29, 0.717) is 11.7 Å². The Kier molecular flexibility index (Phi) is 4.07. The maximum atomic E-state index is 10.8. The molecule has 1 saturated carbocycles. The number of carboxylic acids is 1. The molecule has 0 radical (unpaired) electrons. The van der Waals surface area contributed by atoms with Gasteiger partial charge in [0.15, 0.2) is 0 Å². The van der Waals surface area contributed by atoms with Crippen molar-refractivity contribution in [2.24, 2.45) is 5.73 Å². The molecule has 0 saturated heterocycles. The molecule has 0 heterocycles. The highest BCUT2D eigenvalue weighted by Crippen LogP contribution is 2.37. The molecule has 3 N–H and O–H groups in total. The normalized spacial score (nSPS) is 17.5. The summed E-state index contributed by atoms with van der Waals surface area (Å²) < 4.78 is 0. The van der Waals surface area contributed by atoms with Gasteiger partial charge in [0.25, 0.3) is 0 Å². The third-order valence-corrected chi connectivity index (χ3v) is 4.53. The van der Waals surface area contributed by atoms with Crippen LogP contribution in [-0.4, -0.2) is 22.4 Å². The maximum absolute atomic E-state index is 10.8. The summed E-state index contributed by atoms with van der Waals surface area (Å²) in [6.45, 7) is 0. The summed E-state index contributed by atoms with van der Waals surface area (Å²) in [6.07, 6.45) is 4.26. The molecule has 1 aliphatic rings. The van der Waals surface area contributed by atoms with Crippen molar-refractivity contribution in [3.05, 3.63) is 29.8 Å². The van der Waals surface area contributed by atoms with Gasteiger partial charge in [-0.1, -0.05) is 24.6 Å². The Hall–Kier alpha value is -1.00. The van der Waals surface area contributed by atoms with Crippen molar-refractivity contribution < 1.29 is 9.90 Å². The first kappa shape index (κ1) is 12.5. The first-order valence-electron chi connectivity index (χ1n) is 5.90. The number of aliphatic carboxylic acids is 1. The van der Waals surface area contributed by atoms with E-state index in [9.17, 15) is 4.79 Å². The fourth-order valence-corrected chi connectivity index (χ4v) is 3.17. The summed E-state index contributed by atoms with van der Waals surface area (Å²) in [5.74, 6) is -0.937. The van der Waals surface area contributed by atoms with Gasteiger partial charge in [-0.25, -0.2) is 0 Å². The van der Waals surface area contributed by atoms with Crippen molar-refractivity contribution in [1.29, 1.82) is 0 Å². The molecule has 2 rings (SSSR count). The Balaban J connectivity index is 2.06. The summed E-state index contributed by atoms with van der Waals surface area (Å²) in [4.78, 5) is 12.0. The molecule has 0 amide bonds. The third kappa shape index (κ3) is 3.23. The van der Waals surface area contributed by atoms with E-state index in [1.165, 1.54) is 24.2 Å². The molecule has 1 aromatic carbocycles. The first-order valence-corrected chi connectivity index (χ1v) is 6.77. The summed E-state index contributed by atoms with van der Waals surface area (Å²) in [5, 5.41) is 9.55. The summed E-state index contributed by atoms with van der Waals surface area (Å²) >= 11 is 1.86. The predicted molar refractivity (Wildman–Crippen MR) is 69.3 cm³/mol. The molecule has 1 aromatic rings. The lowest BCUT2D eigenvalue weighted by Gasteiger charge is -2.25. The van der Waals surface area contributed by atoms with Gasteiger partial charge in [-0.05, 0) is 30.9 Å². The minimum absolute atomic E-state index is 0.408. The highest BCUT2D eigenvalue weighted by molar-refractivity contribution is 8.00. The van der Waals surface area contributed by atoms with Crippen molar-refractivity contribution in [3.8, 4) is 0 Å². The SMILES string of the molecule is NC(Cc1ccccc1SC1CCC1)C(=O)O. The number of nitrogens with two attached hydrogens (primary N) is 1. The monoisotopic (exact) mass is 251 g/mol. The molecule has 0 aliphatic heterocycles. The molecular weight excluding hydrogens is 234 g/mol. The fourth-order valence-electron chi connectivity index (χ4n) is 1.78. The molecule has 0 spiro atoms. The van der Waals surface area contributed by atoms with E-state index in [2.05, 4.69) is 6.07 Å². The van der Waals surface area contributed by atoms with Gasteiger partial charge in [-0.15, -0.1) is 11.8 Å². The number of rotatable bonds is 5. The second-order valence-corrected chi connectivity index (χ2v) is 5.77. The van der Waals surface area contributed by atoms with Crippen LogP contribution in [0.5, 0.6) is 0 Å². The van der Waals surface area contributed by atoms with Gasteiger partial charge in [0.2, 0.25) is 0 Å². The van der Waals surface area contributed by atoms with Crippen LogP contribution >= 0.6 is 11.8 Å². The minimum atomic E-state index is -0.937. The zero-order valence-electron chi connectivity index (χ0n) is 9.63. The van der Waals surface area contributed by atoms with Gasteiger partial charge >= 0.3 is 5.97 Å². The van der Waals surface area contributed by atoms with E-state index < -0.39 is 12.0 Å². The molecule has 3 nitrogen and oxygen atoms in total. The summed E-state index contributed by atoms with van der Waals surface area (Å²) in [6, 6.07) is 7.17. The number of hydrogen-bond acceptors (Lipinski definition) is 3. The van der Waals surface area contributed by atoms with E-state index in [1.807, 2.05) is 30.0 Å². The molecule has 0 bridgehead atoms. The van der Waals surface area contributed by atoms with Gasteiger partial charge in [-0.2, -0.15) is 0 Å². The average Bonchev–Trinajstić information content (AvgIpc) is 2.25. The number of benzene rings is 1. The van der Waals surface area contributed by atoms with Gasteiger partial charge < -0.3 is 10.8 Å². The van der Waals surface area contributed by atoms with Crippen LogP contribution < -0.4 is 5.73 Å². The number of carbonyl (C=O) groups is 1. The Morgan fingerprint density at radius 3 is 2.76 bits per heavy atom. The molecule has 1 aliphatic carbocycles. The summed E-state index contributed by atoms with van der Waals surface area (Å²) in [5.41, 5.74) is 6.64. The van der Waals surface area contributed by atoms with Crippen LogP contribution in [0.25, 0.3) is 0 Å². The van der Waals surface area contributed by atoms with E-state index in [0.717, 1.165) is 5.56 Å². The smallest absolute Gasteiger partial charge is 0.320 e. The largest absolute Gasteiger partial charge is 0.480 e. The number of thioether (sulfide) groups is 1. The summed E-state index contributed by atoms with van der Waals surface area (Å²) in [7, 11) is 0. The Morgan fingerprint density at radius 2 is 2.18 bits per heavy atom. The Labute approximate surface area is 105 Å². The van der Waals surface area contributed by atoms with Crippen LogP contribution in [-0.2, 0) is 11.2 Å². The topological polar surface area (TPSA) is 63.3 Å². The van der Waals surface area contributed by atoms with E-state index in [1.54, 1.807) is 0 Å². The lowest BCUT2D eigenvalue weighted by atomic mass is 10.00. The Bertz CT molecular complexity index is 404. The third-order valence-electron chi connectivity index (χ3n) is 3.08. The highest BCUT2D eigenvalue weighted by atomic mass is 32.2. The second kappa shape index (κ2) is 5.56. The van der Waals surface area contributed by atoms with Gasteiger partial charge in [0.1, 0.15) is 6.04 Å². The van der Waals surface area contributed by atoms with E-state index in [-0.39, 0.29) is 0 Å². The van der Waals surface area contributed by atoms with Crippen LogP contribution in [0.3, 0.4) is 0 Å². The molecule has 1 atom stereocenters. The van der Waals surface area contributed by atoms with Crippen molar-refractivity contribution in [2.75, 3.05) is 0 Å². The molecule has 1 unspecified atom stereocenters. The van der Waals surface area contributed by atoms with Crippen molar-refractivity contribution >= 4 is 17.7 Å². The predicted octanol–water partition coefficient (Wildman–Crippen LogP) is 2.29. The lowest BCUT2D eigenvalue weighted by molar-refractivity contribution is -0.138. The van der Waals surface area contributed by atoms with Gasteiger partial charge in [0, 0.05) is 10.1 Å². The zero-order chi connectivity index (χ0) is 12.3. The van der Waals surface area contributed by atoms with E-state index in [4.69, 9.17) is 10.8 Å². The van der Waals surface area contributed by atoms with Crippen molar-refractivity contribution in [3.63, 3.8) is 0 Å². The van der Waals surface area contributed by atoms with Crippen LogP contribution in [0, 0.1) is 0 Å². The van der Waals surface area contributed by atoms with Gasteiger partial charge in [0.05, 0.1) is 0 Å². The maximum Gasteiger partial charge on any atom is 0.320 e. The van der Waals surface area contributed by atoms with E-state index >= 15 is 0 Å². The molecule has 4 heteroatoms. The molecule has 1 fully saturated rings. The van der Waals surface area contributed by atoms with Crippen molar-refractivity contribution in [2.45, 2.75) is 41.9 Å². The quantitative estimate of drug-likeness (QED) is 0.842. The zero-order valence-corrected chi connectivity index (χ0v) is 10.5. The second-order valence-electron chi connectivity index (χ2n) is 4.43. The van der Waals surface area contributed by atoms with Gasteiger partial charge in [-0.3, -0.25) is 4.79 Å². The number of carboxylic acid groups (broad SMARTS) is 1. The lowest BCUT2D eigenvalue weighted by Crippen LogP contribution is -2.32. The van der Waals surface area contributed by atoms with Crippen LogP contribution in [0.2, 0.25) is 0 Å². The Morgan fingerprint density at radius 1 is 1.47 bits per heavy atom. The van der Waals surface area contributed by atoms with Crippen LogP contribution in [0.1, 0.15) is 24.8 Å². The molecule has 92 valence electrons. The molecule has 0 aromatic heterocycles. The first-order chi connectivity index (χ1) is 8.16. The molecule has 17 heavy (non-hydrogen) atoms. The van der Waals surface area contributed by atoms with Crippen molar-refractivity contribution in [1.82, 2.24) is 0 Å².